The Morgan fingerprint density at radius 3 is 2.14 bits per heavy atom. The summed E-state index contributed by atoms with van der Waals surface area (Å²) in [4.78, 5) is 38.5. The van der Waals surface area contributed by atoms with Crippen LogP contribution >= 0.6 is 0 Å². The van der Waals surface area contributed by atoms with Crippen molar-refractivity contribution in [1.29, 1.82) is 0 Å². The molecule has 0 spiro atoms. The van der Waals surface area contributed by atoms with E-state index in [2.05, 4.69) is 48.5 Å². The SMILES string of the molecule is CCCC(=O)O[C@@H]1CC[C@]2(C)[C@H]3CCC4[C@@H]5[C@H](C(C)C)CC[C@]5(C(=O)C[C@@H](C)C(=O)O)CC[C@@]4(C)[C@]3(C)CC[C@H]2C1(C)C. The first-order valence-electron chi connectivity index (χ1n) is 17.9. The third kappa shape index (κ3) is 4.77. The molecule has 244 valence electrons. The number of fused-ring (bicyclic) bond motifs is 7. The minimum absolute atomic E-state index is 0.000647. The van der Waals surface area contributed by atoms with E-state index in [-0.39, 0.29) is 51.4 Å². The predicted octanol–water partition coefficient (Wildman–Crippen LogP) is 9.12. The molecule has 5 aliphatic rings. The fourth-order valence-electron chi connectivity index (χ4n) is 13.0. The number of aliphatic carboxylic acids is 1. The summed E-state index contributed by atoms with van der Waals surface area (Å²) < 4.78 is 6.16. The Morgan fingerprint density at radius 1 is 0.814 bits per heavy atom. The molecule has 0 aromatic carbocycles. The van der Waals surface area contributed by atoms with Crippen LogP contribution in [0, 0.1) is 68.5 Å². The van der Waals surface area contributed by atoms with Crippen LogP contribution in [-0.4, -0.2) is 28.9 Å². The van der Waals surface area contributed by atoms with Gasteiger partial charge < -0.3 is 9.84 Å². The van der Waals surface area contributed by atoms with E-state index in [9.17, 15) is 19.5 Å². The molecule has 0 bridgehead atoms. The molecule has 5 saturated carbocycles. The largest absolute Gasteiger partial charge is 0.481 e. The molecule has 1 N–H and O–H groups in total. The number of rotatable bonds is 8. The highest BCUT2D eigenvalue weighted by Crippen LogP contribution is 2.77. The average molecular weight is 599 g/mol. The number of hydrogen-bond acceptors (Lipinski definition) is 4. The third-order valence-electron chi connectivity index (χ3n) is 15.5. The summed E-state index contributed by atoms with van der Waals surface area (Å²) in [5.41, 5.74) is 0.209. The third-order valence-corrected chi connectivity index (χ3v) is 15.5. The number of Topliss-reactive ketones (excluding diaryl/α,β-unsaturated/α-hetero) is 1. The van der Waals surface area contributed by atoms with Crippen LogP contribution in [0.3, 0.4) is 0 Å². The molecular weight excluding hydrogens is 536 g/mol. The van der Waals surface area contributed by atoms with E-state index in [1.807, 2.05) is 6.92 Å². The molecule has 0 aliphatic heterocycles. The Bertz CT molecular complexity index is 1110. The minimum atomic E-state index is -0.851. The molecule has 11 atom stereocenters. The summed E-state index contributed by atoms with van der Waals surface area (Å²) in [5.74, 6) is 1.86. The van der Waals surface area contributed by atoms with Crippen molar-refractivity contribution in [3.8, 4) is 0 Å². The van der Waals surface area contributed by atoms with Gasteiger partial charge in [-0.3, -0.25) is 14.4 Å². The zero-order valence-corrected chi connectivity index (χ0v) is 28.9. The Kier molecular flexibility index (Phi) is 8.55. The lowest BCUT2D eigenvalue weighted by molar-refractivity contribution is -0.250. The normalized spacial score (nSPS) is 45.7. The molecule has 0 amide bonds. The van der Waals surface area contributed by atoms with Gasteiger partial charge in [-0.2, -0.15) is 0 Å². The van der Waals surface area contributed by atoms with Gasteiger partial charge in [-0.15, -0.1) is 0 Å². The van der Waals surface area contributed by atoms with Crippen LogP contribution in [0.1, 0.15) is 146 Å². The van der Waals surface area contributed by atoms with Gasteiger partial charge in [0, 0.05) is 23.7 Å². The molecule has 5 fully saturated rings. The van der Waals surface area contributed by atoms with Crippen LogP contribution in [-0.2, 0) is 19.1 Å². The first kappa shape index (κ1) is 33.0. The first-order valence-corrected chi connectivity index (χ1v) is 17.9. The Balaban J connectivity index is 1.47. The van der Waals surface area contributed by atoms with Gasteiger partial charge >= 0.3 is 11.9 Å². The zero-order chi connectivity index (χ0) is 31.8. The maximum absolute atomic E-state index is 14.2. The highest BCUT2D eigenvalue weighted by Gasteiger charge is 2.72. The van der Waals surface area contributed by atoms with Crippen LogP contribution in [0.4, 0.5) is 0 Å². The molecule has 5 aliphatic carbocycles. The van der Waals surface area contributed by atoms with Crippen LogP contribution in [0.15, 0.2) is 0 Å². The summed E-state index contributed by atoms with van der Waals surface area (Å²) in [6.45, 7) is 21.0. The highest BCUT2D eigenvalue weighted by atomic mass is 16.5. The van der Waals surface area contributed by atoms with Crippen LogP contribution in [0.2, 0.25) is 0 Å². The molecular formula is C38H62O5. The molecule has 5 nitrogen and oxygen atoms in total. The molecule has 0 heterocycles. The Labute approximate surface area is 262 Å². The van der Waals surface area contributed by atoms with Gasteiger partial charge in [0.25, 0.3) is 0 Å². The average Bonchev–Trinajstić information content (AvgIpc) is 3.32. The molecule has 0 aromatic rings. The number of ether oxygens (including phenoxy) is 1. The summed E-state index contributed by atoms with van der Waals surface area (Å²) in [5, 5.41) is 9.66. The van der Waals surface area contributed by atoms with Gasteiger partial charge in [-0.1, -0.05) is 62.3 Å². The molecule has 0 radical (unpaired) electrons. The van der Waals surface area contributed by atoms with Crippen molar-refractivity contribution >= 4 is 17.7 Å². The van der Waals surface area contributed by atoms with Gasteiger partial charge in [0.05, 0.1) is 5.92 Å². The van der Waals surface area contributed by atoms with Crippen molar-refractivity contribution in [2.24, 2.45) is 68.5 Å². The van der Waals surface area contributed by atoms with Crippen LogP contribution in [0.25, 0.3) is 0 Å². The summed E-state index contributed by atoms with van der Waals surface area (Å²) >= 11 is 0. The van der Waals surface area contributed by atoms with Crippen LogP contribution < -0.4 is 0 Å². The number of carbonyl (C=O) groups is 3. The smallest absolute Gasteiger partial charge is 0.306 e. The maximum atomic E-state index is 14.2. The maximum Gasteiger partial charge on any atom is 0.306 e. The van der Waals surface area contributed by atoms with Gasteiger partial charge in [0.2, 0.25) is 0 Å². The van der Waals surface area contributed by atoms with Gasteiger partial charge in [-0.25, -0.2) is 0 Å². The topological polar surface area (TPSA) is 80.7 Å². The van der Waals surface area contributed by atoms with Gasteiger partial charge in [0.15, 0.2) is 0 Å². The van der Waals surface area contributed by atoms with Gasteiger partial charge in [0.1, 0.15) is 11.9 Å². The van der Waals surface area contributed by atoms with E-state index in [1.165, 1.54) is 25.7 Å². The number of carbonyl (C=O) groups excluding carboxylic acids is 2. The molecule has 43 heavy (non-hydrogen) atoms. The van der Waals surface area contributed by atoms with E-state index in [4.69, 9.17) is 4.74 Å². The molecule has 5 heteroatoms. The van der Waals surface area contributed by atoms with Crippen molar-refractivity contribution in [1.82, 2.24) is 0 Å². The van der Waals surface area contributed by atoms with E-state index < -0.39 is 11.9 Å². The molecule has 5 rings (SSSR count). The molecule has 0 aromatic heterocycles. The predicted molar refractivity (Wildman–Crippen MR) is 170 cm³/mol. The summed E-state index contributed by atoms with van der Waals surface area (Å²) in [7, 11) is 0. The van der Waals surface area contributed by atoms with E-state index in [0.29, 0.717) is 41.9 Å². The number of esters is 1. The fraction of sp³-hybridized carbons (Fsp3) is 0.921. The lowest BCUT2D eigenvalue weighted by atomic mass is 9.32. The second-order valence-electron chi connectivity index (χ2n) is 17.8. The lowest BCUT2D eigenvalue weighted by Gasteiger charge is -2.73. The standard InChI is InChI=1S/C38H62O5/c1-10-11-31(40)43-30-16-17-35(7)27(34(30,5)6)15-18-37(9)28(35)13-12-26-32-25(23(2)3)14-19-38(32,21-20-36(26,37)8)29(39)22-24(4)33(41)42/h23-28,30,32H,10-22H2,1-9H3,(H,41,42)/t24-,25+,26?,27+,28-,30-,32+,35+,36-,37-,38-/m1/s1. The van der Waals surface area contributed by atoms with E-state index in [1.54, 1.807) is 6.92 Å². The second-order valence-corrected chi connectivity index (χ2v) is 17.8. The minimum Gasteiger partial charge on any atom is -0.481 e. The Hall–Kier alpha value is -1.39. The quantitative estimate of drug-likeness (QED) is 0.282. The highest BCUT2D eigenvalue weighted by molar-refractivity contribution is 5.89. The van der Waals surface area contributed by atoms with Crippen molar-refractivity contribution in [3.63, 3.8) is 0 Å². The first-order chi connectivity index (χ1) is 20.0. The van der Waals surface area contributed by atoms with Crippen molar-refractivity contribution in [2.45, 2.75) is 152 Å². The monoisotopic (exact) mass is 598 g/mol. The molecule has 1 unspecified atom stereocenters. The number of carboxylic acids is 1. The molecule has 0 saturated heterocycles. The number of ketones is 1. The summed E-state index contributed by atoms with van der Waals surface area (Å²) in [6, 6.07) is 0. The number of carboxylic acid groups (broad SMARTS) is 1. The van der Waals surface area contributed by atoms with Crippen molar-refractivity contribution < 1.29 is 24.2 Å². The lowest BCUT2D eigenvalue weighted by Crippen LogP contribution is -2.67. The number of hydrogen-bond donors (Lipinski definition) is 1. The van der Waals surface area contributed by atoms with E-state index in [0.717, 1.165) is 44.9 Å². The van der Waals surface area contributed by atoms with Crippen molar-refractivity contribution in [2.75, 3.05) is 0 Å². The second kappa shape index (κ2) is 11.1. The van der Waals surface area contributed by atoms with Crippen LogP contribution in [0.5, 0.6) is 0 Å². The Morgan fingerprint density at radius 2 is 1.51 bits per heavy atom. The van der Waals surface area contributed by atoms with Gasteiger partial charge in [-0.05, 0) is 122 Å². The fourth-order valence-corrected chi connectivity index (χ4v) is 13.0. The van der Waals surface area contributed by atoms with Crippen molar-refractivity contribution in [3.05, 3.63) is 0 Å². The zero-order valence-electron chi connectivity index (χ0n) is 28.9. The van der Waals surface area contributed by atoms with E-state index >= 15 is 0 Å². The summed E-state index contributed by atoms with van der Waals surface area (Å²) in [6.07, 6.45) is 12.5.